The van der Waals surface area contributed by atoms with Crippen molar-refractivity contribution in [3.8, 4) is 0 Å². The highest BCUT2D eigenvalue weighted by molar-refractivity contribution is 7.87. The number of tetrazole rings is 1. The van der Waals surface area contributed by atoms with Gasteiger partial charge in [-0.25, -0.2) is 4.68 Å². The van der Waals surface area contributed by atoms with Gasteiger partial charge in [-0.05, 0) is 35.2 Å². The highest BCUT2D eigenvalue weighted by atomic mass is 35.5. The van der Waals surface area contributed by atoms with E-state index in [0.717, 1.165) is 32.6 Å². The maximum atomic E-state index is 12.3. The van der Waals surface area contributed by atoms with Gasteiger partial charge in [-0.3, -0.25) is 0 Å². The number of nitrogens with zero attached hydrogens (tertiary/aromatic N) is 6. The molecule has 1 fully saturated rings. The van der Waals surface area contributed by atoms with E-state index in [1.807, 2.05) is 6.92 Å². The van der Waals surface area contributed by atoms with Crippen LogP contribution in [0, 0.1) is 11.8 Å². The van der Waals surface area contributed by atoms with Crippen LogP contribution in [0.4, 0.5) is 0 Å². The summed E-state index contributed by atoms with van der Waals surface area (Å²) in [6.45, 7) is 9.94. The second kappa shape index (κ2) is 9.77. The van der Waals surface area contributed by atoms with Crippen molar-refractivity contribution in [2.24, 2.45) is 11.8 Å². The molecule has 1 aromatic rings. The fourth-order valence-electron chi connectivity index (χ4n) is 3.09. The number of rotatable bonds is 9. The van der Waals surface area contributed by atoms with Gasteiger partial charge in [0, 0.05) is 39.3 Å². The van der Waals surface area contributed by atoms with Crippen molar-refractivity contribution in [1.29, 1.82) is 0 Å². The molecule has 0 radical (unpaired) electrons. The molecule has 0 aromatic carbocycles. The highest BCUT2D eigenvalue weighted by Gasteiger charge is 2.37. The molecule has 2 rings (SSSR count). The first-order chi connectivity index (χ1) is 11.3. The van der Waals surface area contributed by atoms with E-state index in [-0.39, 0.29) is 18.4 Å². The van der Waals surface area contributed by atoms with E-state index >= 15 is 0 Å². The predicted molar refractivity (Wildman–Crippen MR) is 98.6 cm³/mol. The maximum absolute atomic E-state index is 12.3. The van der Waals surface area contributed by atoms with E-state index in [1.54, 1.807) is 18.1 Å². The number of hydrogen-bond donors (Lipinski definition) is 1. The standard InChI is InChI=1S/C14H29N7O2S.ClH/c1-5-19(4)24(22,23)16-14-10-20(9-13(14)12(2)3)7-6-8-21-11-15-17-18-21;/h11-14,16H,5-10H2,1-4H3;1H/t13-,14+;/m1./s1. The van der Waals surface area contributed by atoms with Crippen molar-refractivity contribution < 1.29 is 8.42 Å². The third kappa shape index (κ3) is 6.14. The first-order valence-corrected chi connectivity index (χ1v) is 9.94. The topological polar surface area (TPSA) is 96.2 Å². The normalized spacial score (nSPS) is 21.8. The second-order valence-electron chi connectivity index (χ2n) is 6.74. The lowest BCUT2D eigenvalue weighted by Gasteiger charge is -2.25. The average Bonchev–Trinajstić information content (AvgIpc) is 3.16. The van der Waals surface area contributed by atoms with E-state index in [1.165, 1.54) is 4.31 Å². The van der Waals surface area contributed by atoms with Crippen LogP contribution in [-0.4, -0.2) is 77.1 Å². The van der Waals surface area contributed by atoms with Gasteiger partial charge in [0.15, 0.2) is 0 Å². The molecular formula is C14H30ClN7O2S. The Morgan fingerprint density at radius 1 is 1.32 bits per heavy atom. The van der Waals surface area contributed by atoms with E-state index in [0.29, 0.717) is 18.4 Å². The molecule has 1 N–H and O–H groups in total. The Hall–Kier alpha value is -0.810. The van der Waals surface area contributed by atoms with Gasteiger partial charge in [-0.1, -0.05) is 20.8 Å². The molecular weight excluding hydrogens is 366 g/mol. The van der Waals surface area contributed by atoms with Crippen molar-refractivity contribution in [2.75, 3.05) is 33.2 Å². The van der Waals surface area contributed by atoms with Crippen molar-refractivity contribution in [3.05, 3.63) is 6.33 Å². The minimum atomic E-state index is -3.41. The summed E-state index contributed by atoms with van der Waals surface area (Å²) in [4.78, 5) is 2.33. The van der Waals surface area contributed by atoms with Gasteiger partial charge >= 0.3 is 0 Å². The Morgan fingerprint density at radius 3 is 2.60 bits per heavy atom. The quantitative estimate of drug-likeness (QED) is 0.642. The molecule has 1 aliphatic rings. The lowest BCUT2D eigenvalue weighted by atomic mass is 9.92. The zero-order chi connectivity index (χ0) is 17.7. The largest absolute Gasteiger partial charge is 0.301 e. The molecule has 0 amide bonds. The van der Waals surface area contributed by atoms with Crippen LogP contribution >= 0.6 is 12.4 Å². The molecule has 146 valence electrons. The van der Waals surface area contributed by atoms with E-state index in [2.05, 4.69) is 39.0 Å². The van der Waals surface area contributed by atoms with Crippen molar-refractivity contribution in [3.63, 3.8) is 0 Å². The molecule has 0 aliphatic carbocycles. The van der Waals surface area contributed by atoms with Gasteiger partial charge in [0.1, 0.15) is 6.33 Å². The number of likely N-dealkylation sites (tertiary alicyclic amines) is 1. The molecule has 9 nitrogen and oxygen atoms in total. The smallest absolute Gasteiger partial charge is 0.279 e. The lowest BCUT2D eigenvalue weighted by Crippen LogP contribution is -2.47. The molecule has 1 aliphatic heterocycles. The zero-order valence-electron chi connectivity index (χ0n) is 15.4. The summed E-state index contributed by atoms with van der Waals surface area (Å²) in [7, 11) is -1.81. The molecule has 25 heavy (non-hydrogen) atoms. The zero-order valence-corrected chi connectivity index (χ0v) is 17.0. The summed E-state index contributed by atoms with van der Waals surface area (Å²) in [5.74, 6) is 0.743. The van der Waals surface area contributed by atoms with Gasteiger partial charge in [0.05, 0.1) is 0 Å². The van der Waals surface area contributed by atoms with Crippen LogP contribution in [0.3, 0.4) is 0 Å². The monoisotopic (exact) mass is 395 g/mol. The number of halogens is 1. The molecule has 2 heterocycles. The number of aryl methyl sites for hydroxylation is 1. The molecule has 0 bridgehead atoms. The fraction of sp³-hybridized carbons (Fsp3) is 0.929. The minimum absolute atomic E-state index is 0. The second-order valence-corrected chi connectivity index (χ2v) is 8.55. The van der Waals surface area contributed by atoms with Crippen LogP contribution in [0.5, 0.6) is 0 Å². The summed E-state index contributed by atoms with van der Waals surface area (Å²) in [6, 6.07) is -0.0444. The number of hydrogen-bond acceptors (Lipinski definition) is 6. The number of aromatic nitrogens is 4. The van der Waals surface area contributed by atoms with E-state index in [4.69, 9.17) is 0 Å². The summed E-state index contributed by atoms with van der Waals surface area (Å²) in [6.07, 6.45) is 2.54. The van der Waals surface area contributed by atoms with Crippen molar-refractivity contribution in [2.45, 2.75) is 39.8 Å². The summed E-state index contributed by atoms with van der Waals surface area (Å²) in [5.41, 5.74) is 0. The summed E-state index contributed by atoms with van der Waals surface area (Å²) < 4.78 is 30.6. The molecule has 0 saturated carbocycles. The van der Waals surface area contributed by atoms with Crippen LogP contribution in [0.25, 0.3) is 0 Å². The molecule has 1 saturated heterocycles. The summed E-state index contributed by atoms with van der Waals surface area (Å²) >= 11 is 0. The van der Waals surface area contributed by atoms with Crippen LogP contribution in [0.15, 0.2) is 6.33 Å². The fourth-order valence-corrected chi connectivity index (χ4v) is 4.24. The van der Waals surface area contributed by atoms with Crippen LogP contribution in [0.2, 0.25) is 0 Å². The Kier molecular flexibility index (Phi) is 8.69. The van der Waals surface area contributed by atoms with Crippen LogP contribution < -0.4 is 4.72 Å². The number of nitrogens with one attached hydrogen (secondary N) is 1. The Bertz CT molecular complexity index is 596. The predicted octanol–water partition coefficient (Wildman–Crippen LogP) is 0.228. The van der Waals surface area contributed by atoms with Gasteiger partial charge in [0.25, 0.3) is 10.2 Å². The van der Waals surface area contributed by atoms with E-state index < -0.39 is 10.2 Å². The Morgan fingerprint density at radius 2 is 2.04 bits per heavy atom. The Balaban J connectivity index is 0.00000312. The van der Waals surface area contributed by atoms with Crippen LogP contribution in [0.1, 0.15) is 27.2 Å². The first kappa shape index (κ1) is 22.2. The average molecular weight is 396 g/mol. The van der Waals surface area contributed by atoms with Gasteiger partial charge < -0.3 is 4.90 Å². The molecule has 0 spiro atoms. The van der Waals surface area contributed by atoms with Gasteiger partial charge in [-0.15, -0.1) is 17.5 Å². The minimum Gasteiger partial charge on any atom is -0.301 e. The summed E-state index contributed by atoms with van der Waals surface area (Å²) in [5, 5.41) is 11.1. The van der Waals surface area contributed by atoms with E-state index in [9.17, 15) is 8.42 Å². The van der Waals surface area contributed by atoms with Crippen molar-refractivity contribution in [1.82, 2.24) is 34.1 Å². The third-order valence-corrected chi connectivity index (χ3v) is 6.39. The SMILES string of the molecule is CCN(C)S(=O)(=O)N[C@H]1CN(CCCn2cnnn2)C[C@@H]1C(C)C.Cl. The highest BCUT2D eigenvalue weighted by Crippen LogP contribution is 2.25. The van der Waals surface area contributed by atoms with Crippen LogP contribution in [-0.2, 0) is 16.8 Å². The van der Waals surface area contributed by atoms with Gasteiger partial charge in [0.2, 0.25) is 0 Å². The Labute approximate surface area is 156 Å². The maximum Gasteiger partial charge on any atom is 0.279 e. The van der Waals surface area contributed by atoms with Crippen molar-refractivity contribution >= 4 is 22.6 Å². The molecule has 0 unspecified atom stereocenters. The molecule has 11 heteroatoms. The molecule has 1 aromatic heterocycles. The third-order valence-electron chi connectivity index (χ3n) is 4.71. The van der Waals surface area contributed by atoms with Gasteiger partial charge in [-0.2, -0.15) is 17.4 Å². The lowest BCUT2D eigenvalue weighted by molar-refractivity contribution is 0.291. The molecule has 2 atom stereocenters. The first-order valence-electron chi connectivity index (χ1n) is 8.50.